The zero-order chi connectivity index (χ0) is 10.8. The molecule has 14 heavy (non-hydrogen) atoms. The minimum Gasteiger partial charge on any atom is -0.291 e. The van der Waals surface area contributed by atoms with Crippen LogP contribution < -0.4 is 0 Å². The van der Waals surface area contributed by atoms with E-state index in [1.807, 2.05) is 0 Å². The van der Waals surface area contributed by atoms with Crippen molar-refractivity contribution >= 4 is 5.71 Å². The largest absolute Gasteiger partial charge is 0.291 e. The molecule has 0 N–H and O–H groups in total. The van der Waals surface area contributed by atoms with Crippen LogP contribution in [0.4, 0.5) is 0 Å². The Morgan fingerprint density at radius 2 is 1.71 bits per heavy atom. The van der Waals surface area contributed by atoms with Crippen molar-refractivity contribution in [1.29, 1.82) is 0 Å². The first-order chi connectivity index (χ1) is 6.74. The predicted octanol–water partition coefficient (Wildman–Crippen LogP) is 4.61. The summed E-state index contributed by atoms with van der Waals surface area (Å²) in [6.07, 6.45) is 8.95. The number of hydrogen-bond acceptors (Lipinski definition) is 1. The molecule has 1 nitrogen and oxygen atoms in total. The molecule has 0 saturated heterocycles. The summed E-state index contributed by atoms with van der Waals surface area (Å²) in [6.45, 7) is 8.86. The molecule has 0 aliphatic carbocycles. The van der Waals surface area contributed by atoms with E-state index in [0.29, 0.717) is 6.04 Å². The van der Waals surface area contributed by atoms with Gasteiger partial charge in [-0.05, 0) is 26.2 Å². The lowest BCUT2D eigenvalue weighted by atomic mass is 10.0. The van der Waals surface area contributed by atoms with Gasteiger partial charge < -0.3 is 0 Å². The van der Waals surface area contributed by atoms with E-state index in [4.69, 9.17) is 4.99 Å². The van der Waals surface area contributed by atoms with Gasteiger partial charge in [0, 0.05) is 11.8 Å². The first kappa shape index (κ1) is 13.7. The maximum atomic E-state index is 4.77. The van der Waals surface area contributed by atoms with E-state index in [1.165, 1.54) is 44.2 Å². The molecular weight excluding hydrogens is 170 g/mol. The maximum absolute atomic E-state index is 4.77. The topological polar surface area (TPSA) is 12.4 Å². The SMILES string of the molecule is CCCCCC(CCC)N=C(C)CC. The van der Waals surface area contributed by atoms with Gasteiger partial charge in [-0.2, -0.15) is 0 Å². The minimum atomic E-state index is 0.603. The number of rotatable bonds is 8. The molecular formula is C13H27N. The lowest BCUT2D eigenvalue weighted by Crippen LogP contribution is -2.07. The third-order valence-corrected chi connectivity index (χ3v) is 2.68. The Morgan fingerprint density at radius 3 is 2.21 bits per heavy atom. The molecule has 0 aromatic rings. The van der Waals surface area contributed by atoms with Crippen LogP contribution in [-0.4, -0.2) is 11.8 Å². The van der Waals surface area contributed by atoms with Crippen molar-refractivity contribution in [2.75, 3.05) is 0 Å². The summed E-state index contributed by atoms with van der Waals surface area (Å²) in [5.74, 6) is 0. The van der Waals surface area contributed by atoms with Crippen molar-refractivity contribution in [3.8, 4) is 0 Å². The van der Waals surface area contributed by atoms with Gasteiger partial charge in [0.05, 0.1) is 0 Å². The van der Waals surface area contributed by atoms with Crippen LogP contribution in [0.5, 0.6) is 0 Å². The highest BCUT2D eigenvalue weighted by atomic mass is 14.8. The van der Waals surface area contributed by atoms with Crippen LogP contribution in [0, 0.1) is 0 Å². The zero-order valence-electron chi connectivity index (χ0n) is 10.5. The molecule has 1 heteroatoms. The summed E-state index contributed by atoms with van der Waals surface area (Å²) in [6, 6.07) is 0.603. The normalized spacial score (nSPS) is 14.4. The molecule has 1 atom stereocenters. The molecule has 0 saturated carbocycles. The average molecular weight is 197 g/mol. The molecule has 0 aliphatic rings. The second-order valence-corrected chi connectivity index (χ2v) is 4.16. The second kappa shape index (κ2) is 9.23. The highest BCUT2D eigenvalue weighted by Gasteiger charge is 2.04. The van der Waals surface area contributed by atoms with Crippen molar-refractivity contribution in [2.24, 2.45) is 4.99 Å². The van der Waals surface area contributed by atoms with Crippen molar-refractivity contribution in [3.63, 3.8) is 0 Å². The molecule has 0 aliphatic heterocycles. The quantitative estimate of drug-likeness (QED) is 0.398. The molecule has 0 spiro atoms. The molecule has 0 rings (SSSR count). The summed E-state index contributed by atoms with van der Waals surface area (Å²) in [5, 5.41) is 0. The van der Waals surface area contributed by atoms with Crippen molar-refractivity contribution in [1.82, 2.24) is 0 Å². The van der Waals surface area contributed by atoms with Gasteiger partial charge in [0.1, 0.15) is 0 Å². The van der Waals surface area contributed by atoms with Gasteiger partial charge in [0.15, 0.2) is 0 Å². The maximum Gasteiger partial charge on any atom is 0.0498 e. The molecule has 0 aromatic carbocycles. The lowest BCUT2D eigenvalue weighted by molar-refractivity contribution is 0.525. The fourth-order valence-corrected chi connectivity index (χ4v) is 1.64. The summed E-state index contributed by atoms with van der Waals surface area (Å²) in [5.41, 5.74) is 1.32. The molecule has 0 aromatic heterocycles. The van der Waals surface area contributed by atoms with E-state index < -0.39 is 0 Å². The number of hydrogen-bond donors (Lipinski definition) is 0. The van der Waals surface area contributed by atoms with Gasteiger partial charge in [-0.15, -0.1) is 0 Å². The molecule has 84 valence electrons. The molecule has 0 bridgehead atoms. The number of nitrogens with zero attached hydrogens (tertiary/aromatic N) is 1. The van der Waals surface area contributed by atoms with Gasteiger partial charge >= 0.3 is 0 Å². The van der Waals surface area contributed by atoms with Crippen LogP contribution in [0.15, 0.2) is 4.99 Å². The summed E-state index contributed by atoms with van der Waals surface area (Å²) in [7, 11) is 0. The fraction of sp³-hybridized carbons (Fsp3) is 0.923. The van der Waals surface area contributed by atoms with E-state index in [9.17, 15) is 0 Å². The molecule has 0 radical (unpaired) electrons. The van der Waals surface area contributed by atoms with Crippen LogP contribution in [0.1, 0.15) is 72.6 Å². The predicted molar refractivity (Wildman–Crippen MR) is 66.2 cm³/mol. The van der Waals surface area contributed by atoms with E-state index in [2.05, 4.69) is 27.7 Å². The molecule has 0 fully saturated rings. The Hall–Kier alpha value is -0.330. The molecule has 0 amide bonds. The number of unbranched alkanes of at least 4 members (excludes halogenated alkanes) is 2. The second-order valence-electron chi connectivity index (χ2n) is 4.16. The van der Waals surface area contributed by atoms with Crippen LogP contribution in [0.3, 0.4) is 0 Å². The highest BCUT2D eigenvalue weighted by molar-refractivity contribution is 5.81. The van der Waals surface area contributed by atoms with E-state index in [-0.39, 0.29) is 0 Å². The Kier molecular flexibility index (Phi) is 9.02. The van der Waals surface area contributed by atoms with Gasteiger partial charge in [0.25, 0.3) is 0 Å². The monoisotopic (exact) mass is 197 g/mol. The van der Waals surface area contributed by atoms with Gasteiger partial charge in [-0.1, -0.05) is 46.5 Å². The van der Waals surface area contributed by atoms with E-state index >= 15 is 0 Å². The van der Waals surface area contributed by atoms with Crippen LogP contribution in [0.2, 0.25) is 0 Å². The van der Waals surface area contributed by atoms with Crippen LogP contribution in [-0.2, 0) is 0 Å². The molecule has 1 unspecified atom stereocenters. The Morgan fingerprint density at radius 1 is 1.00 bits per heavy atom. The van der Waals surface area contributed by atoms with Gasteiger partial charge in [0.2, 0.25) is 0 Å². The smallest absolute Gasteiger partial charge is 0.0498 e. The average Bonchev–Trinajstić information content (AvgIpc) is 2.18. The van der Waals surface area contributed by atoms with Crippen LogP contribution >= 0.6 is 0 Å². The minimum absolute atomic E-state index is 0.603. The van der Waals surface area contributed by atoms with E-state index in [1.54, 1.807) is 0 Å². The van der Waals surface area contributed by atoms with Crippen molar-refractivity contribution in [3.05, 3.63) is 0 Å². The third-order valence-electron chi connectivity index (χ3n) is 2.68. The summed E-state index contributed by atoms with van der Waals surface area (Å²) < 4.78 is 0. The number of aliphatic imine (C=N–C) groups is 1. The Labute approximate surface area is 90.0 Å². The lowest BCUT2D eigenvalue weighted by Gasteiger charge is -2.12. The van der Waals surface area contributed by atoms with Crippen molar-refractivity contribution < 1.29 is 0 Å². The zero-order valence-corrected chi connectivity index (χ0v) is 10.5. The summed E-state index contributed by atoms with van der Waals surface area (Å²) >= 11 is 0. The standard InChI is InChI=1S/C13H27N/c1-5-8-9-11-13(10-6-2)14-12(4)7-3/h13H,5-11H2,1-4H3. The Bertz CT molecular complexity index is 149. The van der Waals surface area contributed by atoms with Crippen molar-refractivity contribution in [2.45, 2.75) is 78.7 Å². The van der Waals surface area contributed by atoms with E-state index in [0.717, 1.165) is 6.42 Å². The Balaban J connectivity index is 3.88. The van der Waals surface area contributed by atoms with Gasteiger partial charge in [-0.3, -0.25) is 4.99 Å². The first-order valence-corrected chi connectivity index (χ1v) is 6.27. The summed E-state index contributed by atoms with van der Waals surface area (Å²) in [4.78, 5) is 4.77. The third kappa shape index (κ3) is 7.11. The molecule has 0 heterocycles. The highest BCUT2D eigenvalue weighted by Crippen LogP contribution is 2.12. The van der Waals surface area contributed by atoms with Gasteiger partial charge in [-0.25, -0.2) is 0 Å². The van der Waals surface area contributed by atoms with Crippen LogP contribution in [0.25, 0.3) is 0 Å². The first-order valence-electron chi connectivity index (χ1n) is 6.27. The fourth-order valence-electron chi connectivity index (χ4n) is 1.64.